The molecule has 0 bridgehead atoms. The molecule has 0 radical (unpaired) electrons. The van der Waals surface area contributed by atoms with Gasteiger partial charge in [0, 0.05) is 17.9 Å². The number of oxime groups is 1. The van der Waals surface area contributed by atoms with Gasteiger partial charge in [-0.1, -0.05) is 54.9 Å². The summed E-state index contributed by atoms with van der Waals surface area (Å²) in [5.41, 5.74) is 5.16. The lowest BCUT2D eigenvalue weighted by Crippen LogP contribution is -2.15. The number of aryl methyl sites for hydroxylation is 2. The zero-order valence-electron chi connectivity index (χ0n) is 19.6. The van der Waals surface area contributed by atoms with Crippen LogP contribution in [0.5, 0.6) is 5.75 Å². The van der Waals surface area contributed by atoms with Crippen molar-refractivity contribution in [2.45, 2.75) is 58.5 Å². The number of ether oxygens (including phenoxy) is 1. The summed E-state index contributed by atoms with van der Waals surface area (Å²) in [6.45, 7) is 5.17. The molecule has 1 N–H and O–H groups in total. The summed E-state index contributed by atoms with van der Waals surface area (Å²) < 4.78 is 6.03. The zero-order valence-corrected chi connectivity index (χ0v) is 20.4. The number of rotatable bonds is 11. The van der Waals surface area contributed by atoms with Gasteiger partial charge >= 0.3 is 5.97 Å². The van der Waals surface area contributed by atoms with Gasteiger partial charge in [0.2, 0.25) is 0 Å². The Balaban J connectivity index is 1.40. The van der Waals surface area contributed by atoms with E-state index < -0.39 is 5.97 Å². The lowest BCUT2D eigenvalue weighted by Gasteiger charge is -2.15. The molecule has 178 valence electrons. The number of aromatic nitrogens is 1. The fourth-order valence-electron chi connectivity index (χ4n) is 3.99. The third kappa shape index (κ3) is 6.03. The Kier molecular flexibility index (Phi) is 7.95. The van der Waals surface area contributed by atoms with Gasteiger partial charge in [0.25, 0.3) is 0 Å². The van der Waals surface area contributed by atoms with Crippen molar-refractivity contribution in [3.63, 3.8) is 0 Å². The van der Waals surface area contributed by atoms with E-state index in [1.807, 2.05) is 31.2 Å². The van der Waals surface area contributed by atoms with Crippen LogP contribution in [0.1, 0.15) is 60.2 Å². The fraction of sp³-hybridized carbons (Fsp3) is 0.370. The first-order chi connectivity index (χ1) is 16.5. The summed E-state index contributed by atoms with van der Waals surface area (Å²) in [6.07, 6.45) is 4.17. The summed E-state index contributed by atoms with van der Waals surface area (Å²) in [5.74, 6) is -0.405. The fourth-order valence-corrected chi connectivity index (χ4v) is 4.97. The van der Waals surface area contributed by atoms with Gasteiger partial charge in [0.15, 0.2) is 0 Å². The van der Waals surface area contributed by atoms with Crippen LogP contribution in [0.15, 0.2) is 53.7 Å². The van der Waals surface area contributed by atoms with E-state index in [0.29, 0.717) is 19.6 Å². The van der Waals surface area contributed by atoms with Crippen LogP contribution in [0.25, 0.3) is 10.6 Å². The second-order valence-electron chi connectivity index (χ2n) is 8.50. The van der Waals surface area contributed by atoms with Crippen molar-refractivity contribution >= 4 is 23.0 Å². The molecule has 34 heavy (non-hydrogen) atoms. The molecule has 2 heterocycles. The van der Waals surface area contributed by atoms with Crippen LogP contribution in [0.4, 0.5) is 0 Å². The third-order valence-electron chi connectivity index (χ3n) is 5.98. The van der Waals surface area contributed by atoms with Crippen molar-refractivity contribution in [1.82, 2.24) is 4.98 Å². The van der Waals surface area contributed by atoms with Crippen LogP contribution in [0.3, 0.4) is 0 Å². The topological polar surface area (TPSA) is 81.0 Å². The molecule has 1 aliphatic rings. The smallest absolute Gasteiger partial charge is 0.304 e. The molecule has 2 aromatic carbocycles. The summed E-state index contributed by atoms with van der Waals surface area (Å²) in [7, 11) is 0. The first kappa shape index (κ1) is 24.0. The molecule has 1 atom stereocenters. The predicted octanol–water partition coefficient (Wildman–Crippen LogP) is 6.37. The molecule has 0 saturated carbocycles. The molecule has 3 aromatic rings. The molecule has 6 nitrogen and oxygen atoms in total. The van der Waals surface area contributed by atoms with E-state index in [2.05, 4.69) is 36.3 Å². The second-order valence-corrected chi connectivity index (χ2v) is 9.59. The minimum Gasteiger partial charge on any atom is -0.488 e. The zero-order chi connectivity index (χ0) is 23.9. The second kappa shape index (κ2) is 11.3. The van der Waals surface area contributed by atoms with Crippen LogP contribution in [-0.2, 0) is 22.7 Å². The van der Waals surface area contributed by atoms with E-state index >= 15 is 0 Å². The molecule has 4 rings (SSSR count). The molecular weight excluding hydrogens is 448 g/mol. The Morgan fingerprint density at radius 1 is 1.18 bits per heavy atom. The lowest BCUT2D eigenvalue weighted by molar-refractivity contribution is -0.137. The Morgan fingerprint density at radius 2 is 1.94 bits per heavy atom. The van der Waals surface area contributed by atoms with Gasteiger partial charge in [-0.3, -0.25) is 4.79 Å². The average Bonchev–Trinajstić information content (AvgIpc) is 3.51. The van der Waals surface area contributed by atoms with Gasteiger partial charge in [0.05, 0.1) is 22.7 Å². The highest BCUT2D eigenvalue weighted by atomic mass is 32.1. The van der Waals surface area contributed by atoms with E-state index in [1.54, 1.807) is 11.3 Å². The number of aliphatic carboxylic acids is 1. The summed E-state index contributed by atoms with van der Waals surface area (Å²) in [4.78, 5) is 22.3. The van der Waals surface area contributed by atoms with Gasteiger partial charge in [-0.2, -0.15) is 0 Å². The molecule has 0 saturated heterocycles. The van der Waals surface area contributed by atoms with Crippen molar-refractivity contribution in [1.29, 1.82) is 0 Å². The average molecular weight is 479 g/mol. The van der Waals surface area contributed by atoms with Crippen LogP contribution in [0, 0.1) is 6.92 Å². The summed E-state index contributed by atoms with van der Waals surface area (Å²) >= 11 is 1.66. The van der Waals surface area contributed by atoms with E-state index in [9.17, 15) is 9.90 Å². The maximum absolute atomic E-state index is 11.3. The highest BCUT2D eigenvalue weighted by Crippen LogP contribution is 2.31. The molecule has 0 aliphatic carbocycles. The van der Waals surface area contributed by atoms with Gasteiger partial charge < -0.3 is 14.7 Å². The van der Waals surface area contributed by atoms with Crippen molar-refractivity contribution in [2.24, 2.45) is 5.16 Å². The molecular formula is C27H30N2O4S. The molecule has 1 aromatic heterocycles. The molecule has 0 fully saturated rings. The lowest BCUT2D eigenvalue weighted by atomic mass is 9.89. The van der Waals surface area contributed by atoms with Gasteiger partial charge in [-0.05, 0) is 43.0 Å². The Morgan fingerprint density at radius 3 is 2.59 bits per heavy atom. The molecule has 7 heteroatoms. The predicted molar refractivity (Wildman–Crippen MR) is 135 cm³/mol. The Labute approximate surface area is 204 Å². The molecule has 0 spiro atoms. The quantitative estimate of drug-likeness (QED) is 0.346. The van der Waals surface area contributed by atoms with Gasteiger partial charge in [0.1, 0.15) is 24.0 Å². The van der Waals surface area contributed by atoms with Crippen molar-refractivity contribution in [3.8, 4) is 16.3 Å². The normalized spacial score (nSPS) is 13.9. The van der Waals surface area contributed by atoms with E-state index in [4.69, 9.17) is 14.6 Å². The Hall–Kier alpha value is -3.19. The number of hydrogen-bond acceptors (Lipinski definition) is 6. The van der Waals surface area contributed by atoms with Crippen LogP contribution >= 0.6 is 11.3 Å². The highest BCUT2D eigenvalue weighted by molar-refractivity contribution is 7.15. The number of thiazole rings is 1. The van der Waals surface area contributed by atoms with Gasteiger partial charge in [-0.15, -0.1) is 11.3 Å². The number of carboxylic acids is 1. The number of unbranched alkanes of at least 4 members (excludes halogenated alkanes) is 1. The standard InChI is InChI=1S/C27H30N2O4S/c1-3-4-5-19-6-8-21(9-7-19)27-28-18(2)25(34-27)17-32-22-12-10-20(11-13-22)23(16-26(30)31)24-14-15-33-29-24/h6-13,23H,3-5,14-17H2,1-2H3,(H,30,31)/t23-/m0/s1. The number of carbonyl (C=O) groups is 1. The third-order valence-corrected chi connectivity index (χ3v) is 7.16. The SMILES string of the molecule is CCCCc1ccc(-c2nc(C)c(COc3ccc([C@H](CC(=O)O)C4=NOCC4)cc3)s2)cc1. The van der Waals surface area contributed by atoms with Crippen LogP contribution < -0.4 is 4.74 Å². The number of hydrogen-bond donors (Lipinski definition) is 1. The highest BCUT2D eigenvalue weighted by Gasteiger charge is 2.25. The number of benzene rings is 2. The first-order valence-corrected chi connectivity index (χ1v) is 12.5. The first-order valence-electron chi connectivity index (χ1n) is 11.7. The number of nitrogens with zero attached hydrogens (tertiary/aromatic N) is 2. The molecule has 0 unspecified atom stereocenters. The number of carboxylic acid groups (broad SMARTS) is 1. The minimum atomic E-state index is -0.855. The largest absolute Gasteiger partial charge is 0.488 e. The van der Waals surface area contributed by atoms with Crippen molar-refractivity contribution in [3.05, 3.63) is 70.2 Å². The van der Waals surface area contributed by atoms with E-state index in [0.717, 1.165) is 44.6 Å². The monoisotopic (exact) mass is 478 g/mol. The summed E-state index contributed by atoms with van der Waals surface area (Å²) in [6, 6.07) is 16.3. The Bertz CT molecular complexity index is 1140. The van der Waals surface area contributed by atoms with Crippen LogP contribution in [0.2, 0.25) is 0 Å². The van der Waals surface area contributed by atoms with Gasteiger partial charge in [-0.25, -0.2) is 4.98 Å². The van der Waals surface area contributed by atoms with E-state index in [-0.39, 0.29) is 12.3 Å². The van der Waals surface area contributed by atoms with E-state index in [1.165, 1.54) is 18.4 Å². The molecule has 1 aliphatic heterocycles. The summed E-state index contributed by atoms with van der Waals surface area (Å²) in [5, 5.41) is 14.3. The maximum atomic E-state index is 11.3. The maximum Gasteiger partial charge on any atom is 0.304 e. The van der Waals surface area contributed by atoms with Crippen molar-refractivity contribution < 1.29 is 19.5 Å². The van der Waals surface area contributed by atoms with Crippen molar-refractivity contribution in [2.75, 3.05) is 6.61 Å². The minimum absolute atomic E-state index is 0.00911. The molecule has 0 amide bonds. The van der Waals surface area contributed by atoms with Crippen LogP contribution in [-0.4, -0.2) is 28.4 Å².